The van der Waals surface area contributed by atoms with Crippen molar-refractivity contribution in [3.63, 3.8) is 0 Å². The van der Waals surface area contributed by atoms with E-state index in [0.717, 1.165) is 12.8 Å². The highest BCUT2D eigenvalue weighted by atomic mass is 19.3. The van der Waals surface area contributed by atoms with Gasteiger partial charge in [-0.05, 0) is 31.4 Å². The molecule has 1 fully saturated rings. The Kier molecular flexibility index (Phi) is 2.64. The van der Waals surface area contributed by atoms with E-state index in [1.54, 1.807) is 6.21 Å². The molecule has 1 heterocycles. The van der Waals surface area contributed by atoms with Gasteiger partial charge in [0.15, 0.2) is 0 Å². The molecule has 2 aliphatic carbocycles. The molecule has 3 atom stereocenters. The number of allylic oxidation sites excluding steroid dienone is 3. The van der Waals surface area contributed by atoms with Crippen LogP contribution in [0.25, 0.3) is 0 Å². The summed E-state index contributed by atoms with van der Waals surface area (Å²) in [6, 6.07) is -0.840. The summed E-state index contributed by atoms with van der Waals surface area (Å²) in [7, 11) is 0. The highest BCUT2D eigenvalue weighted by Crippen LogP contribution is 2.47. The van der Waals surface area contributed by atoms with E-state index in [-0.39, 0.29) is 11.8 Å². The van der Waals surface area contributed by atoms with Crippen molar-refractivity contribution in [3.05, 3.63) is 24.3 Å². The molecule has 3 rings (SSSR count). The summed E-state index contributed by atoms with van der Waals surface area (Å²) in [4.78, 5) is 4.13. The van der Waals surface area contributed by atoms with Crippen LogP contribution in [0.1, 0.15) is 25.7 Å². The molecule has 1 aliphatic heterocycles. The van der Waals surface area contributed by atoms with E-state index in [1.165, 1.54) is 0 Å². The van der Waals surface area contributed by atoms with Crippen LogP contribution in [0.3, 0.4) is 0 Å². The predicted molar refractivity (Wildman–Crippen MR) is 64.4 cm³/mol. The zero-order valence-electron chi connectivity index (χ0n) is 9.73. The fourth-order valence-electron chi connectivity index (χ4n) is 3.03. The summed E-state index contributed by atoms with van der Waals surface area (Å²) >= 11 is 0. The Bertz CT molecular complexity index is 380. The third-order valence-electron chi connectivity index (χ3n) is 4.35. The SMILES string of the molecule is FC(F)(C1CCC1)[C@H]1N=CCC2C=CC=C[C@@H]21. The standard InChI is InChI=1S/C14H17F2N/c15-14(16,11-5-3-6-11)13-12-7-2-1-4-10(12)8-9-17-13/h1-2,4,7,9-13H,3,5-6,8H2/t10?,12-,13-/m0/s1. The van der Waals surface area contributed by atoms with E-state index < -0.39 is 17.9 Å². The van der Waals surface area contributed by atoms with E-state index in [0.29, 0.717) is 12.8 Å². The fraction of sp³-hybridized carbons (Fsp3) is 0.643. The lowest BCUT2D eigenvalue weighted by Crippen LogP contribution is -2.49. The van der Waals surface area contributed by atoms with Crippen molar-refractivity contribution >= 4 is 6.21 Å². The van der Waals surface area contributed by atoms with Crippen LogP contribution in [0.2, 0.25) is 0 Å². The smallest absolute Gasteiger partial charge is 0.273 e. The van der Waals surface area contributed by atoms with Gasteiger partial charge in [-0.1, -0.05) is 30.7 Å². The lowest BCUT2D eigenvalue weighted by atomic mass is 9.70. The van der Waals surface area contributed by atoms with E-state index in [2.05, 4.69) is 4.99 Å². The Hall–Kier alpha value is -0.990. The number of hydrogen-bond donors (Lipinski definition) is 0. The molecule has 0 radical (unpaired) electrons. The molecule has 3 aliphatic rings. The minimum absolute atomic E-state index is 0.111. The number of halogens is 2. The van der Waals surface area contributed by atoms with E-state index in [1.807, 2.05) is 24.3 Å². The van der Waals surface area contributed by atoms with Crippen LogP contribution in [0.4, 0.5) is 8.78 Å². The number of fused-ring (bicyclic) bond motifs is 1. The van der Waals surface area contributed by atoms with E-state index in [4.69, 9.17) is 0 Å². The minimum atomic E-state index is -2.63. The maximum atomic E-state index is 14.4. The molecule has 3 heteroatoms. The zero-order valence-corrected chi connectivity index (χ0v) is 9.73. The molecule has 0 N–H and O–H groups in total. The van der Waals surface area contributed by atoms with Gasteiger partial charge in [-0.25, -0.2) is 8.78 Å². The Morgan fingerprint density at radius 1 is 1.12 bits per heavy atom. The lowest BCUT2D eigenvalue weighted by Gasteiger charge is -2.42. The third kappa shape index (κ3) is 1.76. The Labute approximate surface area is 100 Å². The molecule has 0 bridgehead atoms. The molecule has 1 unspecified atom stereocenters. The second kappa shape index (κ2) is 4.04. The topological polar surface area (TPSA) is 12.4 Å². The second-order valence-electron chi connectivity index (χ2n) is 5.33. The number of nitrogens with zero attached hydrogens (tertiary/aromatic N) is 1. The van der Waals surface area contributed by atoms with Crippen LogP contribution in [-0.4, -0.2) is 18.2 Å². The summed E-state index contributed by atoms with van der Waals surface area (Å²) in [5.41, 5.74) is 0. The number of aliphatic imine (C=N–C) groups is 1. The Morgan fingerprint density at radius 2 is 1.88 bits per heavy atom. The zero-order chi connectivity index (χ0) is 11.9. The van der Waals surface area contributed by atoms with Crippen molar-refractivity contribution in [2.24, 2.45) is 22.7 Å². The van der Waals surface area contributed by atoms with Gasteiger partial charge in [-0.15, -0.1) is 0 Å². The maximum Gasteiger partial charge on any atom is 0.273 e. The third-order valence-corrected chi connectivity index (χ3v) is 4.35. The van der Waals surface area contributed by atoms with Crippen LogP contribution in [-0.2, 0) is 0 Å². The molecular weight excluding hydrogens is 220 g/mol. The van der Waals surface area contributed by atoms with Crippen LogP contribution in [0, 0.1) is 17.8 Å². The van der Waals surface area contributed by atoms with Gasteiger partial charge in [0.1, 0.15) is 6.04 Å². The Balaban J connectivity index is 1.86. The quantitative estimate of drug-likeness (QED) is 0.695. The van der Waals surface area contributed by atoms with Gasteiger partial charge in [0.05, 0.1) is 0 Å². The first-order valence-electron chi connectivity index (χ1n) is 6.44. The van der Waals surface area contributed by atoms with E-state index >= 15 is 0 Å². The minimum Gasteiger partial charge on any atom is -0.287 e. The average Bonchev–Trinajstić information content (AvgIpc) is 2.25. The Morgan fingerprint density at radius 3 is 2.59 bits per heavy atom. The molecule has 1 saturated carbocycles. The largest absolute Gasteiger partial charge is 0.287 e. The molecule has 0 amide bonds. The van der Waals surface area contributed by atoms with Gasteiger partial charge in [0.2, 0.25) is 0 Å². The van der Waals surface area contributed by atoms with Gasteiger partial charge in [0, 0.05) is 11.8 Å². The number of alkyl halides is 2. The predicted octanol–water partition coefficient (Wildman–Crippen LogP) is 3.62. The van der Waals surface area contributed by atoms with Crippen LogP contribution in [0.15, 0.2) is 29.3 Å². The van der Waals surface area contributed by atoms with Crippen molar-refractivity contribution in [2.45, 2.75) is 37.6 Å². The highest BCUT2D eigenvalue weighted by molar-refractivity contribution is 5.60. The van der Waals surface area contributed by atoms with Crippen molar-refractivity contribution in [1.82, 2.24) is 0 Å². The van der Waals surface area contributed by atoms with Crippen LogP contribution >= 0.6 is 0 Å². The van der Waals surface area contributed by atoms with Crippen molar-refractivity contribution < 1.29 is 8.78 Å². The highest BCUT2D eigenvalue weighted by Gasteiger charge is 2.53. The molecule has 92 valence electrons. The summed E-state index contributed by atoms with van der Waals surface area (Å²) in [6.45, 7) is 0. The molecule has 1 nitrogen and oxygen atoms in total. The molecular formula is C14H17F2N. The maximum absolute atomic E-state index is 14.4. The van der Waals surface area contributed by atoms with Crippen molar-refractivity contribution in [1.29, 1.82) is 0 Å². The molecule has 0 aromatic carbocycles. The second-order valence-corrected chi connectivity index (χ2v) is 5.33. The van der Waals surface area contributed by atoms with Gasteiger partial charge in [-0.2, -0.15) is 0 Å². The van der Waals surface area contributed by atoms with Gasteiger partial charge >= 0.3 is 0 Å². The van der Waals surface area contributed by atoms with Crippen LogP contribution in [0.5, 0.6) is 0 Å². The van der Waals surface area contributed by atoms with Gasteiger partial charge < -0.3 is 0 Å². The summed E-state index contributed by atoms with van der Waals surface area (Å²) < 4.78 is 28.7. The van der Waals surface area contributed by atoms with Crippen molar-refractivity contribution in [3.8, 4) is 0 Å². The normalized spacial score (nSPS) is 36.7. The summed E-state index contributed by atoms with van der Waals surface area (Å²) in [5.74, 6) is -2.97. The van der Waals surface area contributed by atoms with Crippen molar-refractivity contribution in [2.75, 3.05) is 0 Å². The molecule has 0 saturated heterocycles. The van der Waals surface area contributed by atoms with E-state index in [9.17, 15) is 8.78 Å². The van der Waals surface area contributed by atoms with Crippen LogP contribution < -0.4 is 0 Å². The number of rotatable bonds is 2. The molecule has 0 aromatic rings. The van der Waals surface area contributed by atoms with Gasteiger partial charge in [0.25, 0.3) is 5.92 Å². The molecule has 0 aromatic heterocycles. The first-order valence-corrected chi connectivity index (χ1v) is 6.44. The number of hydrogen-bond acceptors (Lipinski definition) is 1. The average molecular weight is 237 g/mol. The fourth-order valence-corrected chi connectivity index (χ4v) is 3.03. The molecule has 17 heavy (non-hydrogen) atoms. The summed E-state index contributed by atoms with van der Waals surface area (Å²) in [5, 5.41) is 0. The monoisotopic (exact) mass is 237 g/mol. The van der Waals surface area contributed by atoms with Gasteiger partial charge in [-0.3, -0.25) is 4.99 Å². The summed E-state index contributed by atoms with van der Waals surface area (Å²) in [6.07, 6.45) is 12.6. The molecule has 0 spiro atoms. The first kappa shape index (κ1) is 11.1. The lowest BCUT2D eigenvalue weighted by molar-refractivity contribution is -0.117. The first-order chi connectivity index (χ1) is 8.19.